The van der Waals surface area contributed by atoms with Crippen LogP contribution in [0.3, 0.4) is 0 Å². The van der Waals surface area contributed by atoms with Gasteiger partial charge in [0.25, 0.3) is 0 Å². The number of likely N-dealkylation sites (N-methyl/N-ethyl adjacent to an activating group) is 1. The molecule has 2 heteroatoms. The molecule has 1 heterocycles. The fraction of sp³-hybridized carbons (Fsp3) is 0.625. The van der Waals surface area contributed by atoms with Crippen molar-refractivity contribution < 1.29 is 0 Å². The SMILES string of the molecule is C[C@H]1CN(c2ccc(C(C)(C)C)cc2)CCN1C. The summed E-state index contributed by atoms with van der Waals surface area (Å²) in [6, 6.07) is 9.74. The predicted octanol–water partition coefficient (Wildman–Crippen LogP) is 3.12. The molecule has 18 heavy (non-hydrogen) atoms. The summed E-state index contributed by atoms with van der Waals surface area (Å²) in [4.78, 5) is 4.93. The fourth-order valence-corrected chi connectivity index (χ4v) is 2.46. The molecule has 1 saturated heterocycles. The summed E-state index contributed by atoms with van der Waals surface area (Å²) >= 11 is 0. The van der Waals surface area contributed by atoms with Gasteiger partial charge in [0.05, 0.1) is 0 Å². The third kappa shape index (κ3) is 2.86. The molecule has 0 saturated carbocycles. The molecule has 0 spiro atoms. The van der Waals surface area contributed by atoms with Gasteiger partial charge >= 0.3 is 0 Å². The summed E-state index contributed by atoms with van der Waals surface area (Å²) in [7, 11) is 2.21. The molecule has 0 aromatic heterocycles. The predicted molar refractivity (Wildman–Crippen MR) is 79.4 cm³/mol. The summed E-state index contributed by atoms with van der Waals surface area (Å²) in [6.45, 7) is 12.5. The van der Waals surface area contributed by atoms with Crippen molar-refractivity contribution in [3.05, 3.63) is 29.8 Å². The Bertz CT molecular complexity index is 389. The highest BCUT2D eigenvalue weighted by Crippen LogP contribution is 2.25. The Hall–Kier alpha value is -1.02. The molecule has 0 unspecified atom stereocenters. The molecule has 2 nitrogen and oxygen atoms in total. The van der Waals surface area contributed by atoms with Crippen molar-refractivity contribution >= 4 is 5.69 Å². The lowest BCUT2D eigenvalue weighted by Gasteiger charge is -2.39. The van der Waals surface area contributed by atoms with E-state index >= 15 is 0 Å². The van der Waals surface area contributed by atoms with E-state index in [1.807, 2.05) is 0 Å². The van der Waals surface area contributed by atoms with Crippen molar-refractivity contribution in [3.63, 3.8) is 0 Å². The first-order valence-electron chi connectivity index (χ1n) is 6.93. The standard InChI is InChI=1S/C16H26N2/c1-13-12-18(11-10-17(13)5)15-8-6-14(7-9-15)16(2,3)4/h6-9,13H,10-12H2,1-5H3/t13-/m0/s1. The van der Waals surface area contributed by atoms with E-state index in [-0.39, 0.29) is 5.41 Å². The average Bonchev–Trinajstić information content (AvgIpc) is 2.32. The quantitative estimate of drug-likeness (QED) is 0.751. The van der Waals surface area contributed by atoms with Crippen molar-refractivity contribution in [2.24, 2.45) is 0 Å². The van der Waals surface area contributed by atoms with Crippen molar-refractivity contribution in [3.8, 4) is 0 Å². The van der Waals surface area contributed by atoms with E-state index in [1.165, 1.54) is 11.3 Å². The minimum atomic E-state index is 0.244. The van der Waals surface area contributed by atoms with Crippen LogP contribution in [0.25, 0.3) is 0 Å². The van der Waals surface area contributed by atoms with Crippen molar-refractivity contribution in [1.82, 2.24) is 4.90 Å². The van der Waals surface area contributed by atoms with Gasteiger partial charge < -0.3 is 9.80 Å². The van der Waals surface area contributed by atoms with E-state index in [2.05, 4.69) is 68.8 Å². The first kappa shape index (κ1) is 13.4. The van der Waals surface area contributed by atoms with Crippen LogP contribution in [0.5, 0.6) is 0 Å². The molecule has 0 amide bonds. The highest BCUT2D eigenvalue weighted by molar-refractivity contribution is 5.49. The Morgan fingerprint density at radius 2 is 1.67 bits per heavy atom. The minimum absolute atomic E-state index is 0.244. The molecule has 100 valence electrons. The molecule has 0 bridgehead atoms. The van der Waals surface area contributed by atoms with Crippen molar-refractivity contribution in [2.75, 3.05) is 31.6 Å². The Kier molecular flexibility index (Phi) is 3.67. The van der Waals surface area contributed by atoms with E-state index in [9.17, 15) is 0 Å². The Balaban J connectivity index is 2.11. The molecule has 1 atom stereocenters. The lowest BCUT2D eigenvalue weighted by atomic mass is 9.87. The highest BCUT2D eigenvalue weighted by atomic mass is 15.3. The Labute approximate surface area is 112 Å². The van der Waals surface area contributed by atoms with Crippen molar-refractivity contribution in [1.29, 1.82) is 0 Å². The first-order chi connectivity index (χ1) is 8.38. The molecule has 1 aromatic rings. The monoisotopic (exact) mass is 246 g/mol. The third-order valence-electron chi connectivity index (χ3n) is 4.06. The molecule has 0 N–H and O–H groups in total. The third-order valence-corrected chi connectivity index (χ3v) is 4.06. The van der Waals surface area contributed by atoms with E-state index in [0.717, 1.165) is 19.6 Å². The number of anilines is 1. The Morgan fingerprint density at radius 1 is 1.06 bits per heavy atom. The van der Waals surface area contributed by atoms with Gasteiger partial charge in [-0.1, -0.05) is 32.9 Å². The number of nitrogens with zero attached hydrogens (tertiary/aromatic N) is 2. The fourth-order valence-electron chi connectivity index (χ4n) is 2.46. The summed E-state index contributed by atoms with van der Waals surface area (Å²) in [5.74, 6) is 0. The smallest absolute Gasteiger partial charge is 0.0367 e. The van der Waals surface area contributed by atoms with Crippen LogP contribution in [0.1, 0.15) is 33.3 Å². The number of hydrogen-bond acceptors (Lipinski definition) is 2. The molecular weight excluding hydrogens is 220 g/mol. The van der Waals surface area contributed by atoms with Gasteiger partial charge in [-0.25, -0.2) is 0 Å². The van der Waals surface area contributed by atoms with Gasteiger partial charge in [0.2, 0.25) is 0 Å². The second-order valence-electron chi connectivity index (χ2n) is 6.57. The van der Waals surface area contributed by atoms with Gasteiger partial charge in [0.1, 0.15) is 0 Å². The van der Waals surface area contributed by atoms with Crippen LogP contribution in [0.2, 0.25) is 0 Å². The largest absolute Gasteiger partial charge is 0.369 e. The zero-order valence-corrected chi connectivity index (χ0v) is 12.4. The molecule has 1 fully saturated rings. The maximum atomic E-state index is 2.50. The molecule has 1 aliphatic heterocycles. The van der Waals surface area contributed by atoms with E-state index in [0.29, 0.717) is 6.04 Å². The summed E-state index contributed by atoms with van der Waals surface area (Å²) in [5.41, 5.74) is 3.02. The zero-order chi connectivity index (χ0) is 13.3. The van der Waals surface area contributed by atoms with Crippen LogP contribution in [0.4, 0.5) is 5.69 Å². The minimum Gasteiger partial charge on any atom is -0.369 e. The van der Waals surface area contributed by atoms with Crippen LogP contribution in [-0.2, 0) is 5.41 Å². The van der Waals surface area contributed by atoms with Crippen LogP contribution < -0.4 is 4.90 Å². The molecule has 2 rings (SSSR count). The molecule has 0 aliphatic carbocycles. The average molecular weight is 246 g/mol. The molecule has 0 radical (unpaired) electrons. The normalized spacial score (nSPS) is 22.3. The van der Waals surface area contributed by atoms with E-state index in [1.54, 1.807) is 0 Å². The topological polar surface area (TPSA) is 6.48 Å². The second-order valence-corrected chi connectivity index (χ2v) is 6.57. The summed E-state index contributed by atoms with van der Waals surface area (Å²) in [6.07, 6.45) is 0. The number of piperazine rings is 1. The van der Waals surface area contributed by atoms with Crippen LogP contribution in [0, 0.1) is 0 Å². The molecular formula is C16H26N2. The van der Waals surface area contributed by atoms with E-state index in [4.69, 9.17) is 0 Å². The Morgan fingerprint density at radius 3 is 2.17 bits per heavy atom. The molecule has 1 aromatic carbocycles. The van der Waals surface area contributed by atoms with Crippen LogP contribution in [0.15, 0.2) is 24.3 Å². The van der Waals surface area contributed by atoms with Crippen LogP contribution >= 0.6 is 0 Å². The highest BCUT2D eigenvalue weighted by Gasteiger charge is 2.21. The first-order valence-corrected chi connectivity index (χ1v) is 6.93. The number of benzene rings is 1. The van der Waals surface area contributed by atoms with Gasteiger partial charge in [-0.05, 0) is 37.1 Å². The number of hydrogen-bond donors (Lipinski definition) is 0. The zero-order valence-electron chi connectivity index (χ0n) is 12.4. The van der Waals surface area contributed by atoms with Crippen LogP contribution in [-0.4, -0.2) is 37.6 Å². The summed E-state index contributed by atoms with van der Waals surface area (Å²) < 4.78 is 0. The van der Waals surface area contributed by atoms with E-state index < -0.39 is 0 Å². The van der Waals surface area contributed by atoms with Gasteiger partial charge in [0.15, 0.2) is 0 Å². The van der Waals surface area contributed by atoms with Gasteiger partial charge in [-0.3, -0.25) is 0 Å². The van der Waals surface area contributed by atoms with Gasteiger partial charge in [-0.15, -0.1) is 0 Å². The van der Waals surface area contributed by atoms with Gasteiger partial charge in [-0.2, -0.15) is 0 Å². The second kappa shape index (κ2) is 4.93. The van der Waals surface area contributed by atoms with Crippen molar-refractivity contribution in [2.45, 2.75) is 39.2 Å². The molecule has 1 aliphatic rings. The maximum absolute atomic E-state index is 2.50. The maximum Gasteiger partial charge on any atom is 0.0367 e. The van der Waals surface area contributed by atoms with Gasteiger partial charge in [0, 0.05) is 31.4 Å². The summed E-state index contributed by atoms with van der Waals surface area (Å²) in [5, 5.41) is 0. The number of rotatable bonds is 1. The lowest BCUT2D eigenvalue weighted by molar-refractivity contribution is 0.234. The lowest BCUT2D eigenvalue weighted by Crippen LogP contribution is -2.50.